The summed E-state index contributed by atoms with van der Waals surface area (Å²) < 4.78 is 13.4. The Morgan fingerprint density at radius 1 is 0.808 bits per heavy atom. The van der Waals surface area contributed by atoms with Crippen LogP contribution in [0.1, 0.15) is 5.56 Å². The van der Waals surface area contributed by atoms with Gasteiger partial charge in [0.2, 0.25) is 5.84 Å². The van der Waals surface area contributed by atoms with Gasteiger partial charge in [-0.2, -0.15) is 0 Å². The summed E-state index contributed by atoms with van der Waals surface area (Å²) in [6.45, 7) is 0.455. The SMILES string of the molecule is Fc1ccc(C2=NN(c3ccccc3)CN(c3ccccc3)[N]2)c(Cl)c1. The maximum Gasteiger partial charge on any atom is 0.200 e. The second kappa shape index (κ2) is 7.06. The third kappa shape index (κ3) is 3.34. The van der Waals surface area contributed by atoms with Crippen molar-refractivity contribution in [3.63, 3.8) is 0 Å². The normalized spacial score (nSPS) is 14.0. The average molecular weight is 366 g/mol. The first-order valence-electron chi connectivity index (χ1n) is 8.11. The van der Waals surface area contributed by atoms with Crippen LogP contribution < -0.4 is 15.4 Å². The highest BCUT2D eigenvalue weighted by molar-refractivity contribution is 6.34. The molecule has 4 rings (SSSR count). The number of benzene rings is 3. The summed E-state index contributed by atoms with van der Waals surface area (Å²) in [5.41, 5.74) is 7.06. The van der Waals surface area contributed by atoms with Gasteiger partial charge in [-0.15, -0.1) is 10.5 Å². The molecular weight excluding hydrogens is 351 g/mol. The van der Waals surface area contributed by atoms with E-state index in [-0.39, 0.29) is 5.02 Å². The number of para-hydroxylation sites is 2. The Labute approximate surface area is 156 Å². The van der Waals surface area contributed by atoms with Crippen molar-refractivity contribution in [1.29, 1.82) is 0 Å². The van der Waals surface area contributed by atoms with E-state index in [0.717, 1.165) is 11.4 Å². The number of rotatable bonds is 3. The van der Waals surface area contributed by atoms with E-state index < -0.39 is 5.82 Å². The maximum atomic E-state index is 13.4. The van der Waals surface area contributed by atoms with Gasteiger partial charge in [-0.3, -0.25) is 0 Å². The number of anilines is 2. The molecular formula is C20H15ClFN4. The molecule has 0 amide bonds. The van der Waals surface area contributed by atoms with E-state index in [1.165, 1.54) is 12.1 Å². The van der Waals surface area contributed by atoms with E-state index in [2.05, 4.69) is 10.5 Å². The largest absolute Gasteiger partial charge is 0.242 e. The first-order chi connectivity index (χ1) is 12.7. The second-order valence-electron chi connectivity index (χ2n) is 5.76. The van der Waals surface area contributed by atoms with Crippen molar-refractivity contribution >= 4 is 28.8 Å². The van der Waals surface area contributed by atoms with Crippen LogP contribution in [0.3, 0.4) is 0 Å². The standard InChI is InChI=1S/C20H15ClFN4/c21-19-13-15(22)11-12-18(19)20-23-25(16-7-3-1-4-8-16)14-26(24-20)17-9-5-2-6-10-17/h1-13H,14H2. The van der Waals surface area contributed by atoms with Gasteiger partial charge in [0.05, 0.1) is 16.4 Å². The zero-order valence-corrected chi connectivity index (χ0v) is 14.5. The molecule has 0 aromatic heterocycles. The minimum absolute atomic E-state index is 0.274. The van der Waals surface area contributed by atoms with Gasteiger partial charge in [-0.05, 0) is 42.5 Å². The van der Waals surface area contributed by atoms with Crippen LogP contribution in [0.15, 0.2) is 84.0 Å². The van der Waals surface area contributed by atoms with Crippen LogP contribution in [0.25, 0.3) is 0 Å². The van der Waals surface area contributed by atoms with Crippen molar-refractivity contribution in [2.24, 2.45) is 5.10 Å². The van der Waals surface area contributed by atoms with Crippen LogP contribution in [0.4, 0.5) is 15.8 Å². The predicted molar refractivity (Wildman–Crippen MR) is 103 cm³/mol. The lowest BCUT2D eigenvalue weighted by atomic mass is 10.2. The molecule has 0 saturated carbocycles. The second-order valence-corrected chi connectivity index (χ2v) is 6.17. The minimum Gasteiger partial charge on any atom is -0.242 e. The van der Waals surface area contributed by atoms with Gasteiger partial charge in [-0.25, -0.2) is 14.4 Å². The predicted octanol–water partition coefficient (Wildman–Crippen LogP) is 4.64. The Balaban J connectivity index is 1.76. The Kier molecular flexibility index (Phi) is 4.46. The third-order valence-corrected chi connectivity index (χ3v) is 4.29. The molecule has 129 valence electrons. The number of hydrogen-bond acceptors (Lipinski definition) is 3. The molecule has 4 nitrogen and oxygen atoms in total. The molecule has 6 heteroatoms. The van der Waals surface area contributed by atoms with E-state index in [1.807, 2.05) is 70.7 Å². The molecule has 1 aliphatic rings. The Morgan fingerprint density at radius 3 is 2.04 bits per heavy atom. The third-order valence-electron chi connectivity index (χ3n) is 3.98. The summed E-state index contributed by atoms with van der Waals surface area (Å²) in [5, 5.41) is 8.58. The summed E-state index contributed by atoms with van der Waals surface area (Å²) in [5.74, 6) is 0.0314. The molecule has 0 fully saturated rings. The average Bonchev–Trinajstić information content (AvgIpc) is 2.69. The van der Waals surface area contributed by atoms with Crippen LogP contribution >= 0.6 is 11.6 Å². The van der Waals surface area contributed by atoms with Crippen LogP contribution in [-0.2, 0) is 0 Å². The monoisotopic (exact) mass is 365 g/mol. The number of hydrogen-bond donors (Lipinski definition) is 0. The fourth-order valence-electron chi connectivity index (χ4n) is 2.70. The molecule has 1 radical (unpaired) electrons. The van der Waals surface area contributed by atoms with Gasteiger partial charge in [-0.1, -0.05) is 48.0 Å². The lowest BCUT2D eigenvalue weighted by Gasteiger charge is -2.34. The smallest absolute Gasteiger partial charge is 0.200 e. The van der Waals surface area contributed by atoms with Crippen molar-refractivity contribution in [3.8, 4) is 0 Å². The first-order valence-corrected chi connectivity index (χ1v) is 8.49. The maximum absolute atomic E-state index is 13.4. The molecule has 3 aromatic rings. The molecule has 0 aliphatic carbocycles. The van der Waals surface area contributed by atoms with Crippen molar-refractivity contribution < 1.29 is 4.39 Å². The van der Waals surface area contributed by atoms with Gasteiger partial charge in [0, 0.05) is 5.56 Å². The molecule has 0 saturated heterocycles. The molecule has 1 aliphatic heterocycles. The Bertz CT molecular complexity index is 931. The van der Waals surface area contributed by atoms with Crippen molar-refractivity contribution in [3.05, 3.63) is 95.3 Å². The van der Waals surface area contributed by atoms with Gasteiger partial charge < -0.3 is 0 Å². The highest BCUT2D eigenvalue weighted by atomic mass is 35.5. The van der Waals surface area contributed by atoms with Crippen molar-refractivity contribution in [2.75, 3.05) is 16.7 Å². The first kappa shape index (κ1) is 16.4. The number of amidine groups is 1. The summed E-state index contributed by atoms with van der Waals surface area (Å²) in [4.78, 5) is 0. The molecule has 26 heavy (non-hydrogen) atoms. The molecule has 0 spiro atoms. The Morgan fingerprint density at radius 2 is 1.42 bits per heavy atom. The molecule has 0 N–H and O–H groups in total. The fourth-order valence-corrected chi connectivity index (χ4v) is 2.95. The molecule has 1 heterocycles. The van der Waals surface area contributed by atoms with E-state index in [1.54, 1.807) is 6.07 Å². The highest BCUT2D eigenvalue weighted by Crippen LogP contribution is 2.25. The fraction of sp³-hybridized carbons (Fsp3) is 0.0500. The topological polar surface area (TPSA) is 32.9 Å². The zero-order valence-electron chi connectivity index (χ0n) is 13.8. The Hall–Kier alpha value is -3.05. The number of nitrogens with zero attached hydrogens (tertiary/aromatic N) is 4. The summed E-state index contributed by atoms with van der Waals surface area (Å²) in [6, 6.07) is 23.8. The molecule has 0 atom stereocenters. The quantitative estimate of drug-likeness (QED) is 0.677. The van der Waals surface area contributed by atoms with Crippen molar-refractivity contribution in [1.82, 2.24) is 5.43 Å². The van der Waals surface area contributed by atoms with Crippen LogP contribution in [0.5, 0.6) is 0 Å². The van der Waals surface area contributed by atoms with Crippen LogP contribution in [0.2, 0.25) is 5.02 Å². The van der Waals surface area contributed by atoms with Gasteiger partial charge in [0.25, 0.3) is 0 Å². The molecule has 3 aromatic carbocycles. The van der Waals surface area contributed by atoms with Gasteiger partial charge in [0.15, 0.2) is 0 Å². The summed E-state index contributed by atoms with van der Waals surface area (Å²) >= 11 is 6.23. The number of hydrazone groups is 1. The van der Waals surface area contributed by atoms with Crippen LogP contribution in [-0.4, -0.2) is 12.5 Å². The summed E-state index contributed by atoms with van der Waals surface area (Å²) in [7, 11) is 0. The van der Waals surface area contributed by atoms with Gasteiger partial charge >= 0.3 is 0 Å². The van der Waals surface area contributed by atoms with Crippen LogP contribution in [0, 0.1) is 5.82 Å². The van der Waals surface area contributed by atoms with E-state index in [9.17, 15) is 4.39 Å². The number of halogens is 2. The lowest BCUT2D eigenvalue weighted by Crippen LogP contribution is -2.48. The summed E-state index contributed by atoms with van der Waals surface area (Å²) in [6.07, 6.45) is 0. The highest BCUT2D eigenvalue weighted by Gasteiger charge is 2.24. The zero-order chi connectivity index (χ0) is 17.9. The van der Waals surface area contributed by atoms with E-state index in [4.69, 9.17) is 11.6 Å². The van der Waals surface area contributed by atoms with E-state index in [0.29, 0.717) is 18.1 Å². The van der Waals surface area contributed by atoms with Crippen molar-refractivity contribution in [2.45, 2.75) is 0 Å². The minimum atomic E-state index is -0.394. The van der Waals surface area contributed by atoms with E-state index >= 15 is 0 Å². The van der Waals surface area contributed by atoms with Gasteiger partial charge in [0.1, 0.15) is 12.5 Å². The lowest BCUT2D eigenvalue weighted by molar-refractivity contribution is 0.627. The molecule has 0 unspecified atom stereocenters. The molecule has 0 bridgehead atoms.